The molecule has 1 heterocycles. The van der Waals surface area contributed by atoms with Crippen LogP contribution in [-0.2, 0) is 28.7 Å². The maximum atomic E-state index is 14.4. The number of carbonyl (C=O) groups excluding carboxylic acids is 6. The van der Waals surface area contributed by atoms with E-state index in [1.807, 2.05) is 13.0 Å². The Morgan fingerprint density at radius 3 is 2.18 bits per heavy atom. The Kier molecular flexibility index (Phi) is 12.4. The van der Waals surface area contributed by atoms with E-state index in [0.29, 0.717) is 18.5 Å². The SMILES string of the molecule is CCCC(NC(=O)[C@@H]1[C@@H]2[C@H](CN1C(=O)[C@@H](NC(=O)OC(C)(C)C)C1CCCCC1)C2(C)C)C(=O)C(=O)N[C@H](CC(=O)N(C)C)c1ccccc1. The molecule has 0 aromatic heterocycles. The number of hydrogen-bond donors (Lipinski definition) is 3. The lowest BCUT2D eigenvalue weighted by atomic mass is 9.83. The third-order valence-corrected chi connectivity index (χ3v) is 10.6. The molecular weight excluding hydrogens is 638 g/mol. The second-order valence-electron chi connectivity index (χ2n) is 16.1. The molecule has 3 aliphatic rings. The first-order valence-corrected chi connectivity index (χ1v) is 18.2. The van der Waals surface area contributed by atoms with E-state index in [0.717, 1.165) is 32.1 Å². The van der Waals surface area contributed by atoms with E-state index in [4.69, 9.17) is 4.74 Å². The zero-order valence-corrected chi connectivity index (χ0v) is 31.0. The van der Waals surface area contributed by atoms with Gasteiger partial charge in [0.2, 0.25) is 23.5 Å². The number of ketones is 1. The summed E-state index contributed by atoms with van der Waals surface area (Å²) in [6.45, 7) is 11.7. The van der Waals surface area contributed by atoms with Gasteiger partial charge in [0.15, 0.2) is 0 Å². The van der Waals surface area contributed by atoms with Crippen LogP contribution < -0.4 is 16.0 Å². The topological polar surface area (TPSA) is 154 Å². The van der Waals surface area contributed by atoms with Crippen molar-refractivity contribution in [1.29, 1.82) is 0 Å². The van der Waals surface area contributed by atoms with Crippen molar-refractivity contribution in [3.05, 3.63) is 35.9 Å². The van der Waals surface area contributed by atoms with E-state index in [1.54, 1.807) is 64.0 Å². The van der Waals surface area contributed by atoms with Crippen molar-refractivity contribution in [2.75, 3.05) is 20.6 Å². The van der Waals surface area contributed by atoms with Gasteiger partial charge in [0.05, 0.1) is 18.5 Å². The number of amides is 5. The first-order valence-electron chi connectivity index (χ1n) is 18.2. The number of ether oxygens (including phenoxy) is 1. The lowest BCUT2D eigenvalue weighted by Crippen LogP contribution is -2.60. The van der Waals surface area contributed by atoms with Crippen LogP contribution in [0.15, 0.2) is 30.3 Å². The first kappa shape index (κ1) is 38.8. The van der Waals surface area contributed by atoms with Crippen LogP contribution in [0.3, 0.4) is 0 Å². The number of nitrogens with one attached hydrogen (secondary N) is 3. The monoisotopic (exact) mass is 695 g/mol. The molecule has 2 aliphatic carbocycles. The number of piperidine rings is 1. The Morgan fingerprint density at radius 2 is 1.60 bits per heavy atom. The van der Waals surface area contributed by atoms with Gasteiger partial charge in [0.25, 0.3) is 5.91 Å². The number of alkyl carbamates (subject to hydrolysis) is 1. The summed E-state index contributed by atoms with van der Waals surface area (Å²) in [6, 6.07) is 5.38. The van der Waals surface area contributed by atoms with Crippen LogP contribution in [0.2, 0.25) is 0 Å². The van der Waals surface area contributed by atoms with Crippen LogP contribution in [0.4, 0.5) is 4.79 Å². The summed E-state index contributed by atoms with van der Waals surface area (Å²) < 4.78 is 5.53. The van der Waals surface area contributed by atoms with Gasteiger partial charge in [-0.25, -0.2) is 4.79 Å². The zero-order chi connectivity index (χ0) is 37.0. The van der Waals surface area contributed by atoms with Crippen LogP contribution in [0.25, 0.3) is 0 Å². The standard InChI is InChI=1S/C38H57N5O7/c1-9-16-26(32(45)34(47)40-27(21-28(44)42(7)8)23-17-12-10-13-18-23)39-33(46)31-29-25(38(29,5)6)22-43(31)35(48)30(24-19-14-11-15-20-24)41-36(49)50-37(2,3)4/h10,12-13,17-18,24-27,29-31H,9,11,14-16,19-22H2,1-8H3,(H,39,46)(H,40,47)(H,41,49)/t25-,26?,27+,29-,30-,31-/m0/s1. The summed E-state index contributed by atoms with van der Waals surface area (Å²) in [6.07, 6.45) is 4.53. The van der Waals surface area contributed by atoms with Crippen LogP contribution in [0.1, 0.15) is 105 Å². The number of fused-ring (bicyclic) bond motifs is 1. The number of benzene rings is 1. The molecule has 1 unspecified atom stereocenters. The van der Waals surface area contributed by atoms with Crippen molar-refractivity contribution in [1.82, 2.24) is 25.8 Å². The highest BCUT2D eigenvalue weighted by Crippen LogP contribution is 2.65. The maximum Gasteiger partial charge on any atom is 0.408 e. The number of Topliss-reactive ketones (excluding diaryl/α,β-unsaturated/α-hetero) is 1. The minimum atomic E-state index is -1.12. The summed E-state index contributed by atoms with van der Waals surface area (Å²) in [7, 11) is 3.25. The van der Waals surface area contributed by atoms with Crippen LogP contribution >= 0.6 is 0 Å². The molecule has 50 heavy (non-hydrogen) atoms. The Labute approximate surface area is 296 Å². The van der Waals surface area contributed by atoms with Crippen molar-refractivity contribution < 1.29 is 33.5 Å². The van der Waals surface area contributed by atoms with Gasteiger partial charge in [-0.15, -0.1) is 0 Å². The predicted molar refractivity (Wildman–Crippen MR) is 188 cm³/mol. The minimum absolute atomic E-state index is 0.0440. The maximum absolute atomic E-state index is 14.4. The Bertz CT molecular complexity index is 1420. The van der Waals surface area contributed by atoms with Gasteiger partial charge in [0.1, 0.15) is 17.7 Å². The second kappa shape index (κ2) is 15.9. The third kappa shape index (κ3) is 9.23. The van der Waals surface area contributed by atoms with Crippen molar-refractivity contribution in [2.24, 2.45) is 23.2 Å². The lowest BCUT2D eigenvalue weighted by molar-refractivity contribution is -0.145. The van der Waals surface area contributed by atoms with Gasteiger partial charge < -0.3 is 30.5 Å². The fourth-order valence-electron chi connectivity index (χ4n) is 7.77. The quantitative estimate of drug-likeness (QED) is 0.262. The summed E-state index contributed by atoms with van der Waals surface area (Å²) in [5.41, 5.74) is -0.266. The number of hydrogen-bond acceptors (Lipinski definition) is 7. The van der Waals surface area contributed by atoms with E-state index < -0.39 is 53.5 Å². The van der Waals surface area contributed by atoms with Crippen molar-refractivity contribution >= 4 is 35.5 Å². The number of nitrogens with zero attached hydrogens (tertiary/aromatic N) is 2. The molecule has 3 fully saturated rings. The molecule has 2 saturated carbocycles. The smallest absolute Gasteiger partial charge is 0.408 e. The zero-order valence-electron chi connectivity index (χ0n) is 31.0. The van der Waals surface area contributed by atoms with Crippen LogP contribution in [0, 0.1) is 23.2 Å². The molecule has 1 saturated heterocycles. The molecule has 1 aromatic carbocycles. The second-order valence-corrected chi connectivity index (χ2v) is 16.1. The van der Waals surface area contributed by atoms with E-state index in [9.17, 15) is 28.8 Å². The average molecular weight is 696 g/mol. The highest BCUT2D eigenvalue weighted by molar-refractivity contribution is 6.38. The van der Waals surface area contributed by atoms with Gasteiger partial charge >= 0.3 is 6.09 Å². The van der Waals surface area contributed by atoms with Gasteiger partial charge in [-0.3, -0.25) is 24.0 Å². The molecule has 276 valence electrons. The highest BCUT2D eigenvalue weighted by atomic mass is 16.6. The van der Waals surface area contributed by atoms with Crippen molar-refractivity contribution in [2.45, 2.75) is 123 Å². The molecule has 1 aromatic rings. The Morgan fingerprint density at radius 1 is 0.960 bits per heavy atom. The molecule has 5 amide bonds. The fourth-order valence-corrected chi connectivity index (χ4v) is 7.77. The highest BCUT2D eigenvalue weighted by Gasteiger charge is 2.69. The summed E-state index contributed by atoms with van der Waals surface area (Å²) >= 11 is 0. The summed E-state index contributed by atoms with van der Waals surface area (Å²) in [5, 5.41) is 8.45. The van der Waals surface area contributed by atoms with Crippen molar-refractivity contribution in [3.8, 4) is 0 Å². The van der Waals surface area contributed by atoms with Gasteiger partial charge in [-0.1, -0.05) is 76.8 Å². The molecule has 1 aliphatic heterocycles. The molecule has 6 atom stereocenters. The van der Waals surface area contributed by atoms with E-state index in [-0.39, 0.29) is 47.8 Å². The van der Waals surface area contributed by atoms with Crippen LogP contribution in [-0.4, -0.2) is 89.7 Å². The lowest BCUT2D eigenvalue weighted by Gasteiger charge is -2.37. The van der Waals surface area contributed by atoms with Gasteiger partial charge in [-0.05, 0) is 68.8 Å². The molecule has 4 rings (SSSR count). The Balaban J connectivity index is 1.54. The van der Waals surface area contributed by atoms with Gasteiger partial charge in [-0.2, -0.15) is 0 Å². The minimum Gasteiger partial charge on any atom is -0.444 e. The van der Waals surface area contributed by atoms with Crippen molar-refractivity contribution in [3.63, 3.8) is 0 Å². The first-order chi connectivity index (χ1) is 23.5. The van der Waals surface area contributed by atoms with Gasteiger partial charge in [0, 0.05) is 20.6 Å². The van der Waals surface area contributed by atoms with Crippen LogP contribution in [0.5, 0.6) is 0 Å². The molecule has 0 radical (unpaired) electrons. The number of likely N-dealkylation sites (tertiary alicyclic amines) is 1. The van der Waals surface area contributed by atoms with E-state index in [1.165, 1.54) is 4.90 Å². The molecule has 0 bridgehead atoms. The molecule has 3 N–H and O–H groups in total. The average Bonchev–Trinajstić information content (AvgIpc) is 3.36. The summed E-state index contributed by atoms with van der Waals surface area (Å²) in [5.74, 6) is -2.88. The van der Waals surface area contributed by atoms with E-state index in [2.05, 4.69) is 29.8 Å². The normalized spacial score (nSPS) is 23.0. The molecule has 0 spiro atoms. The molecule has 12 heteroatoms. The van der Waals surface area contributed by atoms with E-state index >= 15 is 0 Å². The molecule has 12 nitrogen and oxygen atoms in total. The number of carbonyl (C=O) groups is 6. The predicted octanol–water partition coefficient (Wildman–Crippen LogP) is 4.13. The number of rotatable bonds is 13. The summed E-state index contributed by atoms with van der Waals surface area (Å²) in [4.78, 5) is 84.3. The third-order valence-electron chi connectivity index (χ3n) is 10.6. The Hall–Kier alpha value is -3.96. The largest absolute Gasteiger partial charge is 0.444 e. The fraction of sp³-hybridized carbons (Fsp3) is 0.684. The molecular formula is C38H57N5O7.